The van der Waals surface area contributed by atoms with Gasteiger partial charge in [-0.3, -0.25) is 4.79 Å². The molecule has 0 unspecified atom stereocenters. The predicted molar refractivity (Wildman–Crippen MR) is 87.1 cm³/mol. The van der Waals surface area contributed by atoms with Crippen LogP contribution in [0.4, 0.5) is 0 Å². The van der Waals surface area contributed by atoms with E-state index in [1.54, 1.807) is 0 Å². The average Bonchev–Trinajstić information content (AvgIpc) is 2.46. The first-order chi connectivity index (χ1) is 10.1. The number of hydrogen-bond donors (Lipinski definition) is 0. The molecule has 0 atom stereocenters. The van der Waals surface area contributed by atoms with Crippen molar-refractivity contribution in [3.8, 4) is 0 Å². The summed E-state index contributed by atoms with van der Waals surface area (Å²) in [6.07, 6.45) is 14.6. The normalized spacial score (nSPS) is 11.2. The van der Waals surface area contributed by atoms with Gasteiger partial charge in [-0.1, -0.05) is 44.3 Å². The van der Waals surface area contributed by atoms with Gasteiger partial charge in [-0.05, 0) is 32.6 Å². The second-order valence-electron chi connectivity index (χ2n) is 5.44. The largest absolute Gasteiger partial charge is 0.466 e. The third kappa shape index (κ3) is 12.1. The van der Waals surface area contributed by atoms with Crippen LogP contribution in [0.1, 0.15) is 71.1 Å². The summed E-state index contributed by atoms with van der Waals surface area (Å²) in [6, 6.07) is 0. The summed E-state index contributed by atoms with van der Waals surface area (Å²) in [5.74, 6) is -0.390. The highest BCUT2D eigenvalue weighted by Gasteiger charge is 2.11. The lowest BCUT2D eigenvalue weighted by atomic mass is 10.0. The van der Waals surface area contributed by atoms with Crippen LogP contribution < -0.4 is 0 Å². The second kappa shape index (κ2) is 13.6. The van der Waals surface area contributed by atoms with Crippen molar-refractivity contribution in [2.45, 2.75) is 71.1 Å². The molecule has 120 valence electrons. The number of esters is 1. The molecule has 0 fully saturated rings. The van der Waals surface area contributed by atoms with Gasteiger partial charge >= 0.3 is 5.97 Å². The number of unbranched alkanes of at least 4 members (excludes halogenated alkanes) is 8. The SMILES string of the molecule is C=CCCCCCCCCC/C=C(\CC(C)=O)C(=O)OC. The number of rotatable bonds is 13. The third-order valence-corrected chi connectivity index (χ3v) is 3.39. The Morgan fingerprint density at radius 3 is 1.95 bits per heavy atom. The molecule has 0 aromatic carbocycles. The highest BCUT2D eigenvalue weighted by molar-refractivity contribution is 5.95. The van der Waals surface area contributed by atoms with Gasteiger partial charge in [-0.15, -0.1) is 6.58 Å². The fourth-order valence-corrected chi connectivity index (χ4v) is 2.22. The Labute approximate surface area is 129 Å². The van der Waals surface area contributed by atoms with Gasteiger partial charge in [-0.2, -0.15) is 0 Å². The van der Waals surface area contributed by atoms with Crippen molar-refractivity contribution >= 4 is 11.8 Å². The minimum atomic E-state index is -0.382. The van der Waals surface area contributed by atoms with E-state index >= 15 is 0 Å². The van der Waals surface area contributed by atoms with E-state index in [1.807, 2.05) is 12.2 Å². The van der Waals surface area contributed by atoms with Gasteiger partial charge in [0.1, 0.15) is 5.78 Å². The molecule has 0 heterocycles. The number of ether oxygens (including phenoxy) is 1. The lowest BCUT2D eigenvalue weighted by Gasteiger charge is -2.04. The predicted octanol–water partition coefficient (Wildman–Crippen LogP) is 4.76. The van der Waals surface area contributed by atoms with Gasteiger partial charge < -0.3 is 4.74 Å². The van der Waals surface area contributed by atoms with Crippen LogP contribution in [0.3, 0.4) is 0 Å². The fraction of sp³-hybridized carbons (Fsp3) is 0.667. The molecule has 0 rings (SSSR count). The Bertz CT molecular complexity index is 342. The number of carbonyl (C=O) groups is 2. The lowest BCUT2D eigenvalue weighted by molar-refractivity contribution is -0.137. The van der Waals surface area contributed by atoms with Gasteiger partial charge in [0.15, 0.2) is 0 Å². The Balaban J connectivity index is 3.73. The Morgan fingerprint density at radius 2 is 1.48 bits per heavy atom. The number of methoxy groups -OCH3 is 1. The van der Waals surface area contributed by atoms with E-state index in [-0.39, 0.29) is 18.2 Å². The van der Waals surface area contributed by atoms with E-state index in [4.69, 9.17) is 0 Å². The first kappa shape index (κ1) is 19.6. The summed E-state index contributed by atoms with van der Waals surface area (Å²) < 4.78 is 4.69. The highest BCUT2D eigenvalue weighted by Crippen LogP contribution is 2.12. The van der Waals surface area contributed by atoms with Crippen molar-refractivity contribution in [3.05, 3.63) is 24.3 Å². The number of carbonyl (C=O) groups excluding carboxylic acids is 2. The van der Waals surface area contributed by atoms with E-state index in [2.05, 4.69) is 11.3 Å². The molecule has 0 aliphatic heterocycles. The first-order valence-electron chi connectivity index (χ1n) is 7.99. The summed E-state index contributed by atoms with van der Waals surface area (Å²) in [5, 5.41) is 0. The highest BCUT2D eigenvalue weighted by atomic mass is 16.5. The molecule has 0 spiro atoms. The summed E-state index contributed by atoms with van der Waals surface area (Å²) in [7, 11) is 1.35. The minimum Gasteiger partial charge on any atom is -0.466 e. The van der Waals surface area contributed by atoms with Gasteiger partial charge in [0.2, 0.25) is 0 Å². The molecule has 21 heavy (non-hydrogen) atoms. The lowest BCUT2D eigenvalue weighted by Crippen LogP contribution is -2.08. The summed E-state index contributed by atoms with van der Waals surface area (Å²) in [5.41, 5.74) is 0.495. The van der Waals surface area contributed by atoms with E-state index < -0.39 is 0 Å². The van der Waals surface area contributed by atoms with Gasteiger partial charge in [0.25, 0.3) is 0 Å². The molecule has 0 saturated heterocycles. The topological polar surface area (TPSA) is 43.4 Å². The molecule has 0 aliphatic rings. The van der Waals surface area contributed by atoms with Crippen molar-refractivity contribution in [2.24, 2.45) is 0 Å². The zero-order chi connectivity index (χ0) is 15.9. The van der Waals surface area contributed by atoms with E-state index in [9.17, 15) is 9.59 Å². The Morgan fingerprint density at radius 1 is 0.952 bits per heavy atom. The van der Waals surface area contributed by atoms with Gasteiger partial charge in [-0.25, -0.2) is 4.79 Å². The molecule has 3 heteroatoms. The zero-order valence-electron chi connectivity index (χ0n) is 13.7. The molecule has 0 amide bonds. The maximum Gasteiger partial charge on any atom is 0.333 e. The smallest absolute Gasteiger partial charge is 0.333 e. The minimum absolute atomic E-state index is 0.00817. The molecule has 0 radical (unpaired) electrons. The van der Waals surface area contributed by atoms with E-state index in [0.29, 0.717) is 5.57 Å². The standard InChI is InChI=1S/C18H30O3/c1-4-5-6-7-8-9-10-11-12-13-14-17(15-16(2)19)18(20)21-3/h4,14H,1,5-13,15H2,2-3H3/b17-14+. The average molecular weight is 294 g/mol. The number of hydrogen-bond acceptors (Lipinski definition) is 3. The molecule has 0 aliphatic carbocycles. The van der Waals surface area contributed by atoms with Crippen LogP contribution in [-0.4, -0.2) is 18.9 Å². The summed E-state index contributed by atoms with van der Waals surface area (Å²) >= 11 is 0. The number of ketones is 1. The van der Waals surface area contributed by atoms with Crippen molar-refractivity contribution in [1.29, 1.82) is 0 Å². The molecule has 0 aromatic rings. The van der Waals surface area contributed by atoms with Crippen molar-refractivity contribution in [3.63, 3.8) is 0 Å². The van der Waals surface area contributed by atoms with Crippen molar-refractivity contribution in [1.82, 2.24) is 0 Å². The van der Waals surface area contributed by atoms with Crippen LogP contribution in [0.15, 0.2) is 24.3 Å². The van der Waals surface area contributed by atoms with Crippen molar-refractivity contribution < 1.29 is 14.3 Å². The second-order valence-corrected chi connectivity index (χ2v) is 5.44. The zero-order valence-corrected chi connectivity index (χ0v) is 13.7. The van der Waals surface area contributed by atoms with Crippen molar-refractivity contribution in [2.75, 3.05) is 7.11 Å². The Hall–Kier alpha value is -1.38. The third-order valence-electron chi connectivity index (χ3n) is 3.39. The van der Waals surface area contributed by atoms with Crippen LogP contribution in [0.2, 0.25) is 0 Å². The number of Topliss-reactive ketones (excluding diaryl/α,β-unsaturated/α-hetero) is 1. The van der Waals surface area contributed by atoms with E-state index in [1.165, 1.54) is 52.6 Å². The molecule has 0 saturated carbocycles. The van der Waals surface area contributed by atoms with Gasteiger partial charge in [0, 0.05) is 12.0 Å². The molecule has 0 bridgehead atoms. The van der Waals surface area contributed by atoms with Crippen LogP contribution in [-0.2, 0) is 14.3 Å². The van der Waals surface area contributed by atoms with E-state index in [0.717, 1.165) is 19.3 Å². The number of allylic oxidation sites excluding steroid dienone is 2. The van der Waals surface area contributed by atoms with Crippen LogP contribution in [0.5, 0.6) is 0 Å². The van der Waals surface area contributed by atoms with Crippen LogP contribution in [0, 0.1) is 0 Å². The summed E-state index contributed by atoms with van der Waals surface area (Å²) in [4.78, 5) is 22.6. The van der Waals surface area contributed by atoms with Gasteiger partial charge in [0.05, 0.1) is 7.11 Å². The first-order valence-corrected chi connectivity index (χ1v) is 7.99. The fourth-order valence-electron chi connectivity index (χ4n) is 2.22. The maximum atomic E-state index is 11.5. The molecule has 3 nitrogen and oxygen atoms in total. The molecular formula is C18H30O3. The Kier molecular flexibility index (Phi) is 12.7. The molecule has 0 aromatic heterocycles. The monoisotopic (exact) mass is 294 g/mol. The maximum absolute atomic E-state index is 11.5. The van der Waals surface area contributed by atoms with Crippen LogP contribution in [0.25, 0.3) is 0 Å². The summed E-state index contributed by atoms with van der Waals surface area (Å²) in [6.45, 7) is 5.21. The quantitative estimate of drug-likeness (QED) is 0.213. The van der Waals surface area contributed by atoms with Crippen LogP contribution >= 0.6 is 0 Å². The molecular weight excluding hydrogens is 264 g/mol. The molecule has 0 N–H and O–H groups in total.